The lowest BCUT2D eigenvalue weighted by molar-refractivity contribution is -0.151. The molecule has 26 heavy (non-hydrogen) atoms. The highest BCUT2D eigenvalue weighted by molar-refractivity contribution is 5.76. The SMILES string of the molecule is O=C(O)C1(n2cccn2)CCN(Cc2cccc(-n3cccn3)c2)CC1. The highest BCUT2D eigenvalue weighted by atomic mass is 16.4. The summed E-state index contributed by atoms with van der Waals surface area (Å²) < 4.78 is 3.44. The molecule has 0 radical (unpaired) electrons. The molecule has 1 aliphatic heterocycles. The Morgan fingerprint density at radius 3 is 2.50 bits per heavy atom. The number of nitrogens with zero attached hydrogens (tertiary/aromatic N) is 5. The van der Waals surface area contributed by atoms with Crippen LogP contribution in [0.15, 0.2) is 61.2 Å². The van der Waals surface area contributed by atoms with Crippen molar-refractivity contribution in [3.8, 4) is 5.69 Å². The third-order valence-electron chi connectivity index (χ3n) is 5.11. The van der Waals surface area contributed by atoms with Gasteiger partial charge in [-0.25, -0.2) is 9.48 Å². The fourth-order valence-electron chi connectivity index (χ4n) is 3.62. The average Bonchev–Trinajstić information content (AvgIpc) is 3.37. The van der Waals surface area contributed by atoms with E-state index in [4.69, 9.17) is 0 Å². The zero-order chi connectivity index (χ0) is 18.0. The standard InChI is InChI=1S/C19H21N5O2/c25-18(26)19(24-11-3-9-21-24)6-12-22(13-7-19)15-16-4-1-5-17(14-16)23-10-2-8-20-23/h1-5,8-11,14H,6-7,12-13,15H2,(H,25,26). The molecule has 134 valence electrons. The molecule has 2 aromatic heterocycles. The summed E-state index contributed by atoms with van der Waals surface area (Å²) in [7, 11) is 0. The Morgan fingerprint density at radius 2 is 1.85 bits per heavy atom. The number of hydrogen-bond donors (Lipinski definition) is 1. The maximum Gasteiger partial charge on any atom is 0.331 e. The van der Waals surface area contributed by atoms with Gasteiger partial charge in [-0.15, -0.1) is 0 Å². The fourth-order valence-corrected chi connectivity index (χ4v) is 3.62. The number of likely N-dealkylation sites (tertiary alicyclic amines) is 1. The molecule has 1 aliphatic rings. The first-order valence-corrected chi connectivity index (χ1v) is 8.72. The van der Waals surface area contributed by atoms with Crippen LogP contribution in [0, 0.1) is 0 Å². The van der Waals surface area contributed by atoms with E-state index in [0.29, 0.717) is 12.8 Å². The fraction of sp³-hybridized carbons (Fsp3) is 0.316. The van der Waals surface area contributed by atoms with Crippen LogP contribution < -0.4 is 0 Å². The smallest absolute Gasteiger partial charge is 0.331 e. The third kappa shape index (κ3) is 3.01. The van der Waals surface area contributed by atoms with Crippen LogP contribution in [0.4, 0.5) is 0 Å². The molecule has 7 heteroatoms. The van der Waals surface area contributed by atoms with E-state index in [-0.39, 0.29) is 0 Å². The maximum absolute atomic E-state index is 11.9. The Balaban J connectivity index is 1.46. The summed E-state index contributed by atoms with van der Waals surface area (Å²) in [4.78, 5) is 14.2. The number of rotatable bonds is 5. The first kappa shape index (κ1) is 16.5. The van der Waals surface area contributed by atoms with Crippen LogP contribution in [0.2, 0.25) is 0 Å². The van der Waals surface area contributed by atoms with Crippen molar-refractivity contribution < 1.29 is 9.90 Å². The summed E-state index contributed by atoms with van der Waals surface area (Å²) in [5.41, 5.74) is 1.29. The second-order valence-corrected chi connectivity index (χ2v) is 6.68. The molecule has 0 atom stereocenters. The van der Waals surface area contributed by atoms with Crippen LogP contribution in [0.3, 0.4) is 0 Å². The Labute approximate surface area is 151 Å². The number of hydrogen-bond acceptors (Lipinski definition) is 4. The van der Waals surface area contributed by atoms with E-state index in [1.54, 1.807) is 29.3 Å². The Hall–Kier alpha value is -2.93. The number of carboxylic acid groups (broad SMARTS) is 1. The number of aliphatic carboxylic acids is 1. The van der Waals surface area contributed by atoms with Gasteiger partial charge in [0.1, 0.15) is 0 Å². The van der Waals surface area contributed by atoms with E-state index in [2.05, 4.69) is 27.2 Å². The minimum absolute atomic E-state index is 0.545. The minimum Gasteiger partial charge on any atom is -0.479 e. The van der Waals surface area contributed by atoms with Crippen molar-refractivity contribution in [3.05, 3.63) is 66.7 Å². The van der Waals surface area contributed by atoms with Crippen molar-refractivity contribution in [1.29, 1.82) is 0 Å². The van der Waals surface area contributed by atoms with Gasteiger partial charge in [-0.1, -0.05) is 12.1 Å². The molecule has 7 nitrogen and oxygen atoms in total. The molecular weight excluding hydrogens is 330 g/mol. The molecule has 0 bridgehead atoms. The molecule has 0 spiro atoms. The second kappa shape index (κ2) is 6.76. The van der Waals surface area contributed by atoms with Gasteiger partial charge < -0.3 is 5.11 Å². The van der Waals surface area contributed by atoms with E-state index in [1.165, 1.54) is 5.56 Å². The predicted molar refractivity (Wildman–Crippen MR) is 95.9 cm³/mol. The van der Waals surface area contributed by atoms with Crippen LogP contribution in [0.5, 0.6) is 0 Å². The molecule has 3 heterocycles. The van der Waals surface area contributed by atoms with Gasteiger partial charge in [0.15, 0.2) is 5.54 Å². The van der Waals surface area contributed by atoms with Crippen molar-refractivity contribution in [1.82, 2.24) is 24.5 Å². The summed E-state index contributed by atoms with van der Waals surface area (Å²) in [5.74, 6) is -0.804. The highest BCUT2D eigenvalue weighted by Gasteiger charge is 2.43. The molecule has 1 saturated heterocycles. The Morgan fingerprint density at radius 1 is 1.08 bits per heavy atom. The van der Waals surface area contributed by atoms with Crippen LogP contribution >= 0.6 is 0 Å². The second-order valence-electron chi connectivity index (χ2n) is 6.68. The Bertz CT molecular complexity index is 865. The van der Waals surface area contributed by atoms with E-state index < -0.39 is 11.5 Å². The largest absolute Gasteiger partial charge is 0.479 e. The molecule has 0 amide bonds. The first-order valence-electron chi connectivity index (χ1n) is 8.72. The van der Waals surface area contributed by atoms with Gasteiger partial charge in [0.25, 0.3) is 0 Å². The molecule has 1 aromatic carbocycles. The van der Waals surface area contributed by atoms with Crippen LogP contribution in [0.25, 0.3) is 5.69 Å². The van der Waals surface area contributed by atoms with Crippen molar-refractivity contribution in [2.45, 2.75) is 24.9 Å². The maximum atomic E-state index is 11.9. The van der Waals surface area contributed by atoms with Crippen molar-refractivity contribution in [3.63, 3.8) is 0 Å². The third-order valence-corrected chi connectivity index (χ3v) is 5.11. The number of piperidine rings is 1. The highest BCUT2D eigenvalue weighted by Crippen LogP contribution is 2.30. The zero-order valence-corrected chi connectivity index (χ0v) is 14.4. The Kier molecular flexibility index (Phi) is 4.30. The lowest BCUT2D eigenvalue weighted by Crippen LogP contribution is -2.51. The summed E-state index contributed by atoms with van der Waals surface area (Å²) in [6.45, 7) is 2.24. The molecule has 3 aromatic rings. The van der Waals surface area contributed by atoms with Crippen molar-refractivity contribution >= 4 is 5.97 Å². The van der Waals surface area contributed by atoms with Crippen LogP contribution in [-0.4, -0.2) is 48.6 Å². The van der Waals surface area contributed by atoms with Crippen molar-refractivity contribution in [2.75, 3.05) is 13.1 Å². The van der Waals surface area contributed by atoms with Gasteiger partial charge >= 0.3 is 5.97 Å². The molecule has 0 aliphatic carbocycles. The minimum atomic E-state index is -0.934. The molecule has 0 saturated carbocycles. The van der Waals surface area contributed by atoms with E-state index in [1.807, 2.05) is 29.1 Å². The summed E-state index contributed by atoms with van der Waals surface area (Å²) in [6, 6.07) is 12.0. The molecule has 1 N–H and O–H groups in total. The van der Waals surface area contributed by atoms with Gasteiger partial charge in [0, 0.05) is 44.4 Å². The van der Waals surface area contributed by atoms with Gasteiger partial charge in [-0.2, -0.15) is 10.2 Å². The average molecular weight is 351 g/mol. The topological polar surface area (TPSA) is 76.2 Å². The van der Waals surface area contributed by atoms with Crippen molar-refractivity contribution in [2.24, 2.45) is 0 Å². The molecule has 1 fully saturated rings. The normalized spacial score (nSPS) is 17.2. The lowest BCUT2D eigenvalue weighted by atomic mass is 9.87. The van der Waals surface area contributed by atoms with E-state index >= 15 is 0 Å². The lowest BCUT2D eigenvalue weighted by Gasteiger charge is -2.39. The molecule has 4 rings (SSSR count). The van der Waals surface area contributed by atoms with Crippen LogP contribution in [0.1, 0.15) is 18.4 Å². The number of carbonyl (C=O) groups is 1. The summed E-state index contributed by atoms with van der Waals surface area (Å²) in [5, 5.41) is 18.2. The van der Waals surface area contributed by atoms with E-state index in [0.717, 1.165) is 25.3 Å². The predicted octanol–water partition coefficient (Wildman–Crippen LogP) is 2.14. The monoisotopic (exact) mass is 351 g/mol. The molecule has 0 unspecified atom stereocenters. The van der Waals surface area contributed by atoms with E-state index in [9.17, 15) is 9.90 Å². The summed E-state index contributed by atoms with van der Waals surface area (Å²) >= 11 is 0. The quantitative estimate of drug-likeness (QED) is 0.762. The van der Waals surface area contributed by atoms with Gasteiger partial charge in [0.2, 0.25) is 0 Å². The van der Waals surface area contributed by atoms with Gasteiger partial charge in [0.05, 0.1) is 5.69 Å². The number of benzene rings is 1. The van der Waals surface area contributed by atoms with Crippen LogP contribution in [-0.2, 0) is 16.9 Å². The number of carboxylic acids is 1. The van der Waals surface area contributed by atoms with Gasteiger partial charge in [-0.3, -0.25) is 9.58 Å². The number of aromatic nitrogens is 4. The summed E-state index contributed by atoms with van der Waals surface area (Å²) in [6.07, 6.45) is 8.16. The first-order chi connectivity index (χ1) is 12.7. The zero-order valence-electron chi connectivity index (χ0n) is 14.4. The van der Waals surface area contributed by atoms with Gasteiger partial charge in [-0.05, 0) is 42.7 Å². The molecular formula is C19H21N5O2.